The highest BCUT2D eigenvalue weighted by Gasteiger charge is 2.25. The van der Waals surface area contributed by atoms with Crippen molar-refractivity contribution in [2.24, 2.45) is 0 Å². The predicted molar refractivity (Wildman–Crippen MR) is 165 cm³/mol. The molecule has 1 atom stereocenters. The van der Waals surface area contributed by atoms with Crippen LogP contribution >= 0.6 is 0 Å². The third-order valence-corrected chi connectivity index (χ3v) is 7.46. The Labute approximate surface area is 267 Å². The van der Waals surface area contributed by atoms with Crippen molar-refractivity contribution in [2.45, 2.75) is 52.9 Å². The number of carboxylic acid groups (broad SMARTS) is 1. The molecule has 13 heteroatoms. The summed E-state index contributed by atoms with van der Waals surface area (Å²) >= 11 is 0. The number of aromatic carboxylic acids is 1. The zero-order valence-electron chi connectivity index (χ0n) is 25.9. The summed E-state index contributed by atoms with van der Waals surface area (Å²) in [5.74, 6) is -5.48. The van der Waals surface area contributed by atoms with E-state index in [1.165, 1.54) is 24.3 Å². The van der Waals surface area contributed by atoms with Gasteiger partial charge in [0, 0.05) is 30.2 Å². The fourth-order valence-electron chi connectivity index (χ4n) is 5.01. The van der Waals surface area contributed by atoms with Gasteiger partial charge in [-0.05, 0) is 60.9 Å². The van der Waals surface area contributed by atoms with Crippen molar-refractivity contribution in [1.29, 1.82) is 0 Å². The Hall–Kier alpha value is -4.88. The van der Waals surface area contributed by atoms with Crippen molar-refractivity contribution in [2.75, 3.05) is 6.61 Å². The number of aryl methyl sites for hydroxylation is 1. The van der Waals surface area contributed by atoms with E-state index in [2.05, 4.69) is 9.97 Å². The first kappa shape index (κ1) is 35.0. The first-order valence-electron chi connectivity index (χ1n) is 14.6. The second kappa shape index (κ2) is 14.7. The summed E-state index contributed by atoms with van der Waals surface area (Å²) < 4.78 is 87.2. The van der Waals surface area contributed by atoms with E-state index in [9.17, 15) is 23.1 Å². The number of benzene rings is 3. The summed E-state index contributed by atoms with van der Waals surface area (Å²) in [7, 11) is 0. The first-order chi connectivity index (χ1) is 22.1. The van der Waals surface area contributed by atoms with Crippen LogP contribution in [0.1, 0.15) is 53.1 Å². The number of carbonyl (C=O) groups is 1. The smallest absolute Gasteiger partial charge is 0.335 e. The molecular weight excluding hydrogens is 623 g/mol. The van der Waals surface area contributed by atoms with E-state index in [-0.39, 0.29) is 71.3 Å². The molecule has 5 aromatic rings. The van der Waals surface area contributed by atoms with Crippen LogP contribution in [0, 0.1) is 36.0 Å². The van der Waals surface area contributed by atoms with Crippen molar-refractivity contribution in [3.63, 3.8) is 0 Å². The van der Waals surface area contributed by atoms with E-state index in [0.717, 1.165) is 29.8 Å². The van der Waals surface area contributed by atoms with Gasteiger partial charge in [0.15, 0.2) is 5.82 Å². The average molecular weight is 657 g/mol. The molecule has 0 spiro atoms. The molecule has 2 aromatic heterocycles. The average Bonchev–Trinajstić information content (AvgIpc) is 3.35. The molecule has 4 N–H and O–H groups in total. The molecule has 1 aliphatic heterocycles. The highest BCUT2D eigenvalue weighted by molar-refractivity contribution is 5.92. The van der Waals surface area contributed by atoms with Gasteiger partial charge in [-0.25, -0.2) is 36.7 Å². The summed E-state index contributed by atoms with van der Waals surface area (Å²) in [5, 5.41) is 9.40. The highest BCUT2D eigenvalue weighted by Crippen LogP contribution is 2.31. The quantitative estimate of drug-likeness (QED) is 0.155. The molecular formula is C34H33F5N4O4. The zero-order valence-corrected chi connectivity index (χ0v) is 25.9. The topological polar surface area (TPSA) is 121 Å². The molecule has 248 valence electrons. The number of rotatable bonds is 9. The van der Waals surface area contributed by atoms with Crippen LogP contribution in [-0.2, 0) is 24.3 Å². The summed E-state index contributed by atoms with van der Waals surface area (Å²) in [5.41, 5.74) is -0.397. The summed E-state index contributed by atoms with van der Waals surface area (Å²) in [6, 6.07) is 10.5. The number of halogens is 5. The van der Waals surface area contributed by atoms with Gasteiger partial charge in [0.2, 0.25) is 5.88 Å². The molecule has 8 nitrogen and oxygen atoms in total. The number of hydrogen-bond acceptors (Lipinski definition) is 6. The van der Waals surface area contributed by atoms with Gasteiger partial charge in [0.25, 0.3) is 0 Å². The molecule has 0 saturated carbocycles. The number of hydrogen-bond donors (Lipinski definition) is 2. The van der Waals surface area contributed by atoms with Crippen LogP contribution in [-0.4, -0.2) is 38.3 Å². The van der Waals surface area contributed by atoms with Crippen LogP contribution in [0.4, 0.5) is 22.0 Å². The SMILES string of the molecule is CC.Cc1ccc(COc2ccc(F)c(-c3cc(F)c(Cc4nc5c(F)cc(C(=O)O)cc5n4C[C@@H]4CCO4)cc3F)n2)c(F)c1.N. The molecule has 1 fully saturated rings. The normalized spacial score (nSPS) is 13.7. The second-order valence-electron chi connectivity index (χ2n) is 10.5. The van der Waals surface area contributed by atoms with E-state index >= 15 is 8.78 Å². The number of nitrogens with zero attached hydrogens (tertiary/aromatic N) is 3. The van der Waals surface area contributed by atoms with Gasteiger partial charge in [-0.3, -0.25) is 0 Å². The fourth-order valence-corrected chi connectivity index (χ4v) is 5.01. The maximum atomic E-state index is 15.5. The molecule has 0 bridgehead atoms. The lowest BCUT2D eigenvalue weighted by molar-refractivity contribution is -0.0589. The lowest BCUT2D eigenvalue weighted by atomic mass is 10.0. The van der Waals surface area contributed by atoms with E-state index in [4.69, 9.17) is 9.47 Å². The maximum absolute atomic E-state index is 15.5. The minimum atomic E-state index is -1.33. The van der Waals surface area contributed by atoms with E-state index in [1.807, 2.05) is 13.8 Å². The molecule has 1 aliphatic rings. The standard InChI is InChI=1S/C32H24F5N3O4.C2H6.H3N/c1-16-2-3-17(23(34)8-16)15-44-29-5-4-22(33)30(39-29)21-13-24(35)18(9-25(21)36)12-28-38-31-26(37)10-19(32(41)42)11-27(31)40(28)14-20-6-7-43-20;1-2;/h2-5,8-11,13,20H,6-7,12,14-15H2,1H3,(H,41,42);1-2H3;1H3/t20-;;/m0../s1. The van der Waals surface area contributed by atoms with E-state index < -0.39 is 46.3 Å². The Kier molecular flexibility index (Phi) is 10.9. The number of carboxylic acids is 1. The number of aromatic nitrogens is 3. The third kappa shape index (κ3) is 7.42. The van der Waals surface area contributed by atoms with Crippen LogP contribution in [0.5, 0.6) is 5.88 Å². The Bertz CT molecular complexity index is 1930. The Balaban J connectivity index is 0.00000164. The molecule has 6 rings (SSSR count). The van der Waals surface area contributed by atoms with Crippen molar-refractivity contribution in [1.82, 2.24) is 20.7 Å². The second-order valence-corrected chi connectivity index (χ2v) is 10.5. The van der Waals surface area contributed by atoms with E-state index in [0.29, 0.717) is 13.0 Å². The minimum absolute atomic E-state index is 0. The first-order valence-corrected chi connectivity index (χ1v) is 14.6. The highest BCUT2D eigenvalue weighted by atomic mass is 19.1. The molecule has 3 heterocycles. The van der Waals surface area contributed by atoms with E-state index in [1.54, 1.807) is 17.6 Å². The largest absolute Gasteiger partial charge is 0.478 e. The zero-order chi connectivity index (χ0) is 33.1. The molecule has 47 heavy (non-hydrogen) atoms. The van der Waals surface area contributed by atoms with Crippen molar-refractivity contribution >= 4 is 17.0 Å². The van der Waals surface area contributed by atoms with Gasteiger partial charge in [0.05, 0.1) is 23.7 Å². The minimum Gasteiger partial charge on any atom is -0.478 e. The molecule has 0 unspecified atom stereocenters. The van der Waals surface area contributed by atoms with Gasteiger partial charge >= 0.3 is 5.97 Å². The summed E-state index contributed by atoms with van der Waals surface area (Å²) in [6.07, 6.45) is 0.185. The molecule has 0 aliphatic carbocycles. The molecule has 0 amide bonds. The van der Waals surface area contributed by atoms with Crippen LogP contribution < -0.4 is 10.9 Å². The Morgan fingerprint density at radius 2 is 1.64 bits per heavy atom. The lowest BCUT2D eigenvalue weighted by Gasteiger charge is -2.27. The number of ether oxygens (including phenoxy) is 2. The Morgan fingerprint density at radius 1 is 0.915 bits per heavy atom. The van der Waals surface area contributed by atoms with Gasteiger partial charge in [-0.1, -0.05) is 26.0 Å². The van der Waals surface area contributed by atoms with Crippen LogP contribution in [0.25, 0.3) is 22.3 Å². The van der Waals surface area contributed by atoms with Gasteiger partial charge in [-0.15, -0.1) is 0 Å². The Morgan fingerprint density at radius 3 is 2.30 bits per heavy atom. The monoisotopic (exact) mass is 656 g/mol. The molecule has 3 aromatic carbocycles. The van der Waals surface area contributed by atoms with Gasteiger partial charge in [-0.2, -0.15) is 0 Å². The summed E-state index contributed by atoms with van der Waals surface area (Å²) in [6.45, 7) is 6.24. The summed E-state index contributed by atoms with van der Waals surface area (Å²) in [4.78, 5) is 19.8. The lowest BCUT2D eigenvalue weighted by Crippen LogP contribution is -2.31. The maximum Gasteiger partial charge on any atom is 0.335 e. The van der Waals surface area contributed by atoms with Gasteiger partial charge in [0.1, 0.15) is 46.9 Å². The van der Waals surface area contributed by atoms with Crippen LogP contribution in [0.15, 0.2) is 54.6 Å². The number of pyridine rings is 1. The van der Waals surface area contributed by atoms with Crippen molar-refractivity contribution in [3.8, 4) is 17.1 Å². The number of fused-ring (bicyclic) bond motifs is 1. The molecule has 0 radical (unpaired) electrons. The van der Waals surface area contributed by atoms with Crippen LogP contribution in [0.2, 0.25) is 0 Å². The third-order valence-electron chi connectivity index (χ3n) is 7.46. The van der Waals surface area contributed by atoms with Crippen molar-refractivity contribution < 1.29 is 41.3 Å². The van der Waals surface area contributed by atoms with Crippen LogP contribution in [0.3, 0.4) is 0 Å². The molecule has 1 saturated heterocycles. The van der Waals surface area contributed by atoms with Gasteiger partial charge < -0.3 is 25.3 Å². The number of imidazole rings is 1. The predicted octanol–water partition coefficient (Wildman–Crippen LogP) is 7.95. The van der Waals surface area contributed by atoms with Crippen molar-refractivity contribution in [3.05, 3.63) is 112 Å². The fraction of sp³-hybridized carbons (Fsp3) is 0.265.